The molecule has 0 spiro atoms. The molecule has 1 aromatic heterocycles. The fourth-order valence-corrected chi connectivity index (χ4v) is 2.64. The molecule has 0 aromatic carbocycles. The van der Waals surface area contributed by atoms with Crippen LogP contribution >= 0.6 is 11.6 Å². The van der Waals surface area contributed by atoms with Gasteiger partial charge in [-0.1, -0.05) is 44.7 Å². The van der Waals surface area contributed by atoms with Gasteiger partial charge in [0.15, 0.2) is 0 Å². The molecule has 1 aromatic rings. The summed E-state index contributed by atoms with van der Waals surface area (Å²) < 4.78 is 1.93. The van der Waals surface area contributed by atoms with Crippen LogP contribution in [0, 0.1) is 6.92 Å². The lowest BCUT2D eigenvalue weighted by atomic mass is 10.0. The number of aryl methyl sites for hydroxylation is 2. The highest BCUT2D eigenvalue weighted by Gasteiger charge is 2.16. The van der Waals surface area contributed by atoms with Crippen molar-refractivity contribution in [3.8, 4) is 0 Å². The fraction of sp³-hybridized carbons (Fsp3) is 0.800. The standard InChI is InChI=1S/C15H28ClN3/c1-5-7-8-9-13(17-10-6-2)11-14-15(16)12(3)18-19(14)4/h13,17H,5-11H2,1-4H3. The normalized spacial score (nSPS) is 12.9. The van der Waals surface area contributed by atoms with Crippen LogP contribution in [0.5, 0.6) is 0 Å². The van der Waals surface area contributed by atoms with Crippen LogP contribution in [0.2, 0.25) is 5.02 Å². The largest absolute Gasteiger partial charge is 0.314 e. The van der Waals surface area contributed by atoms with E-state index in [4.69, 9.17) is 11.6 Å². The van der Waals surface area contributed by atoms with Crippen molar-refractivity contribution in [1.82, 2.24) is 15.1 Å². The average molecular weight is 286 g/mol. The predicted molar refractivity (Wildman–Crippen MR) is 82.9 cm³/mol. The predicted octanol–water partition coefficient (Wildman–Crippen LogP) is 3.87. The maximum atomic E-state index is 6.34. The lowest BCUT2D eigenvalue weighted by Gasteiger charge is -2.18. The lowest BCUT2D eigenvalue weighted by Crippen LogP contribution is -2.32. The zero-order chi connectivity index (χ0) is 14.3. The molecule has 1 atom stereocenters. The van der Waals surface area contributed by atoms with Crippen LogP contribution in [0.15, 0.2) is 0 Å². The van der Waals surface area contributed by atoms with Gasteiger partial charge in [-0.2, -0.15) is 5.10 Å². The quantitative estimate of drug-likeness (QED) is 0.698. The van der Waals surface area contributed by atoms with Crippen molar-refractivity contribution >= 4 is 11.6 Å². The average Bonchev–Trinajstić information content (AvgIpc) is 2.62. The van der Waals surface area contributed by atoms with Gasteiger partial charge in [0, 0.05) is 19.5 Å². The van der Waals surface area contributed by atoms with Crippen LogP contribution in [0.1, 0.15) is 57.3 Å². The summed E-state index contributed by atoms with van der Waals surface area (Å²) in [5, 5.41) is 8.87. The molecule has 1 unspecified atom stereocenters. The van der Waals surface area contributed by atoms with E-state index in [1.807, 2.05) is 18.7 Å². The molecule has 0 fully saturated rings. The molecule has 0 bridgehead atoms. The molecule has 0 amide bonds. The van der Waals surface area contributed by atoms with Gasteiger partial charge in [-0.25, -0.2) is 0 Å². The maximum Gasteiger partial charge on any atom is 0.0847 e. The molecule has 19 heavy (non-hydrogen) atoms. The van der Waals surface area contributed by atoms with Crippen molar-refractivity contribution in [2.24, 2.45) is 7.05 Å². The van der Waals surface area contributed by atoms with E-state index in [0.717, 1.165) is 29.4 Å². The highest BCUT2D eigenvalue weighted by Crippen LogP contribution is 2.22. The van der Waals surface area contributed by atoms with Crippen molar-refractivity contribution in [2.45, 2.75) is 65.3 Å². The summed E-state index contributed by atoms with van der Waals surface area (Å²) in [4.78, 5) is 0. The number of unbranched alkanes of at least 4 members (excludes halogenated alkanes) is 2. The zero-order valence-electron chi connectivity index (χ0n) is 12.8. The van der Waals surface area contributed by atoms with Gasteiger partial charge < -0.3 is 5.32 Å². The van der Waals surface area contributed by atoms with Crippen LogP contribution in [0.25, 0.3) is 0 Å². The molecule has 4 heteroatoms. The van der Waals surface area contributed by atoms with Gasteiger partial charge >= 0.3 is 0 Å². The summed E-state index contributed by atoms with van der Waals surface area (Å²) in [6.07, 6.45) is 7.22. The van der Waals surface area contributed by atoms with Gasteiger partial charge in [0.2, 0.25) is 0 Å². The molecule has 3 nitrogen and oxygen atoms in total. The Balaban J connectivity index is 2.64. The number of rotatable bonds is 9. The van der Waals surface area contributed by atoms with Crippen molar-refractivity contribution in [3.63, 3.8) is 0 Å². The fourth-order valence-electron chi connectivity index (χ4n) is 2.40. The Morgan fingerprint density at radius 3 is 2.53 bits per heavy atom. The third-order valence-electron chi connectivity index (χ3n) is 3.54. The van der Waals surface area contributed by atoms with E-state index < -0.39 is 0 Å². The maximum absolute atomic E-state index is 6.34. The molecule has 1 heterocycles. The minimum absolute atomic E-state index is 0.513. The molecule has 0 aliphatic heterocycles. The highest BCUT2D eigenvalue weighted by molar-refractivity contribution is 6.31. The summed E-state index contributed by atoms with van der Waals surface area (Å²) >= 11 is 6.34. The van der Waals surface area contributed by atoms with Crippen molar-refractivity contribution < 1.29 is 0 Å². The number of aromatic nitrogens is 2. The van der Waals surface area contributed by atoms with E-state index in [0.29, 0.717) is 6.04 Å². The van der Waals surface area contributed by atoms with Crippen LogP contribution < -0.4 is 5.32 Å². The number of nitrogens with zero attached hydrogens (tertiary/aromatic N) is 2. The summed E-state index contributed by atoms with van der Waals surface area (Å²) in [6, 6.07) is 0.513. The topological polar surface area (TPSA) is 29.9 Å². The molecule has 1 N–H and O–H groups in total. The van der Waals surface area contributed by atoms with Crippen molar-refractivity contribution in [1.29, 1.82) is 0 Å². The van der Waals surface area contributed by atoms with Crippen LogP contribution in [0.4, 0.5) is 0 Å². The first-order chi connectivity index (χ1) is 9.10. The van der Waals surface area contributed by atoms with E-state index in [1.54, 1.807) is 0 Å². The highest BCUT2D eigenvalue weighted by atomic mass is 35.5. The Labute approximate surface area is 122 Å². The molecule has 0 aliphatic carbocycles. The Kier molecular flexibility index (Phi) is 7.47. The molecule has 110 valence electrons. The Bertz CT molecular complexity index is 374. The smallest absolute Gasteiger partial charge is 0.0847 e. The SMILES string of the molecule is CCCCCC(Cc1c(Cl)c(C)nn1C)NCCC. The minimum Gasteiger partial charge on any atom is -0.314 e. The molecular weight excluding hydrogens is 258 g/mol. The number of nitrogens with one attached hydrogen (secondary N) is 1. The lowest BCUT2D eigenvalue weighted by molar-refractivity contribution is 0.446. The molecule has 1 rings (SSSR count). The van der Waals surface area contributed by atoms with E-state index in [9.17, 15) is 0 Å². The van der Waals surface area contributed by atoms with Gasteiger partial charge in [0.1, 0.15) is 0 Å². The van der Waals surface area contributed by atoms with Crippen LogP contribution in [-0.4, -0.2) is 22.4 Å². The van der Waals surface area contributed by atoms with Gasteiger partial charge in [0.25, 0.3) is 0 Å². The zero-order valence-corrected chi connectivity index (χ0v) is 13.6. The first-order valence-electron chi connectivity index (χ1n) is 7.51. The number of hydrogen-bond acceptors (Lipinski definition) is 2. The van der Waals surface area contributed by atoms with E-state index in [2.05, 4.69) is 24.3 Å². The van der Waals surface area contributed by atoms with E-state index in [1.165, 1.54) is 32.1 Å². The summed E-state index contributed by atoms with van der Waals surface area (Å²) in [7, 11) is 1.98. The second-order valence-corrected chi connectivity index (χ2v) is 5.70. The molecule has 0 saturated carbocycles. The third kappa shape index (κ3) is 5.15. The van der Waals surface area contributed by atoms with Crippen molar-refractivity contribution in [2.75, 3.05) is 6.54 Å². The Morgan fingerprint density at radius 1 is 1.26 bits per heavy atom. The first-order valence-corrected chi connectivity index (χ1v) is 7.89. The monoisotopic (exact) mass is 285 g/mol. The van der Waals surface area contributed by atoms with E-state index in [-0.39, 0.29) is 0 Å². The molecule has 0 saturated heterocycles. The van der Waals surface area contributed by atoms with Gasteiger partial charge in [0.05, 0.1) is 16.4 Å². The Morgan fingerprint density at radius 2 is 2.00 bits per heavy atom. The first kappa shape index (κ1) is 16.5. The molecule has 0 aliphatic rings. The van der Waals surface area contributed by atoms with Gasteiger partial charge in [-0.05, 0) is 26.3 Å². The second kappa shape index (κ2) is 8.60. The molecular formula is C15H28ClN3. The summed E-state index contributed by atoms with van der Waals surface area (Å²) in [5.41, 5.74) is 2.09. The molecule has 0 radical (unpaired) electrons. The van der Waals surface area contributed by atoms with Gasteiger partial charge in [-0.3, -0.25) is 4.68 Å². The number of hydrogen-bond donors (Lipinski definition) is 1. The number of halogens is 1. The van der Waals surface area contributed by atoms with E-state index >= 15 is 0 Å². The third-order valence-corrected chi connectivity index (χ3v) is 4.03. The van der Waals surface area contributed by atoms with Crippen LogP contribution in [0.3, 0.4) is 0 Å². The summed E-state index contributed by atoms with van der Waals surface area (Å²) in [6.45, 7) is 7.50. The second-order valence-electron chi connectivity index (χ2n) is 5.32. The van der Waals surface area contributed by atoms with Crippen LogP contribution in [-0.2, 0) is 13.5 Å². The minimum atomic E-state index is 0.513. The van der Waals surface area contributed by atoms with Crippen molar-refractivity contribution in [3.05, 3.63) is 16.4 Å². The Hall–Kier alpha value is -0.540. The summed E-state index contributed by atoms with van der Waals surface area (Å²) in [5.74, 6) is 0. The van der Waals surface area contributed by atoms with Gasteiger partial charge in [-0.15, -0.1) is 0 Å².